The fourth-order valence-corrected chi connectivity index (χ4v) is 4.06. The fraction of sp³-hybridized carbons (Fsp3) is 0.318. The first kappa shape index (κ1) is 24.5. The zero-order chi connectivity index (χ0) is 25.5. The van der Waals surface area contributed by atoms with Gasteiger partial charge in [-0.1, -0.05) is 6.07 Å². The van der Waals surface area contributed by atoms with Gasteiger partial charge in [-0.25, -0.2) is 14.0 Å². The van der Waals surface area contributed by atoms with Gasteiger partial charge in [-0.2, -0.15) is 13.2 Å². The molecule has 1 aliphatic rings. The molecule has 1 amide bonds. The van der Waals surface area contributed by atoms with Crippen molar-refractivity contribution >= 4 is 21.3 Å². The summed E-state index contributed by atoms with van der Waals surface area (Å²) in [5.41, 5.74) is -0.997. The van der Waals surface area contributed by atoms with Crippen molar-refractivity contribution in [3.05, 3.63) is 58.7 Å². The van der Waals surface area contributed by atoms with E-state index in [0.717, 1.165) is 25.5 Å². The van der Waals surface area contributed by atoms with Crippen LogP contribution in [-0.4, -0.2) is 36.5 Å². The third kappa shape index (κ3) is 5.39. The Morgan fingerprint density at radius 3 is 2.51 bits per heavy atom. The van der Waals surface area contributed by atoms with E-state index in [9.17, 15) is 22.2 Å². The molecular formula is C22H21F3N6O3S. The van der Waals surface area contributed by atoms with E-state index >= 15 is 0 Å². The molecule has 9 nitrogen and oxygen atoms in total. The quantitative estimate of drug-likeness (QED) is 0.488. The van der Waals surface area contributed by atoms with Crippen LogP contribution >= 0.6 is 0 Å². The summed E-state index contributed by atoms with van der Waals surface area (Å²) in [6.45, 7) is 2.72. The van der Waals surface area contributed by atoms with Crippen LogP contribution in [0.4, 0.5) is 18.9 Å². The third-order valence-corrected chi connectivity index (χ3v) is 6.49. The summed E-state index contributed by atoms with van der Waals surface area (Å²) in [7, 11) is -3.08. The second kappa shape index (κ2) is 8.87. The van der Waals surface area contributed by atoms with Gasteiger partial charge in [-0.05, 0) is 50.5 Å². The number of alkyl halides is 3. The van der Waals surface area contributed by atoms with Gasteiger partial charge in [0.1, 0.15) is 11.3 Å². The van der Waals surface area contributed by atoms with E-state index in [1.54, 1.807) is 6.92 Å². The lowest BCUT2D eigenvalue weighted by molar-refractivity contribution is -0.142. The van der Waals surface area contributed by atoms with Crippen molar-refractivity contribution in [2.75, 3.05) is 11.6 Å². The first-order valence-electron chi connectivity index (χ1n) is 10.5. The van der Waals surface area contributed by atoms with Crippen LogP contribution in [0.1, 0.15) is 51.8 Å². The number of aromatic nitrogens is 4. The molecule has 0 radical (unpaired) electrons. The average Bonchev–Trinajstić information content (AvgIpc) is 3.59. The summed E-state index contributed by atoms with van der Waals surface area (Å²) in [5, 5.41) is 9.24. The van der Waals surface area contributed by atoms with E-state index in [0.29, 0.717) is 11.6 Å². The number of carbonyl (C=O) groups is 1. The molecule has 35 heavy (non-hydrogen) atoms. The monoisotopic (exact) mass is 506 g/mol. The maximum atomic E-state index is 13.5. The number of nitrogens with zero attached hydrogens (tertiary/aromatic N) is 4. The highest BCUT2D eigenvalue weighted by atomic mass is 32.2. The molecule has 1 aromatic carbocycles. The maximum absolute atomic E-state index is 13.5. The average molecular weight is 507 g/mol. The van der Waals surface area contributed by atoms with Crippen LogP contribution in [0.3, 0.4) is 0 Å². The highest BCUT2D eigenvalue weighted by Crippen LogP contribution is 2.40. The molecular weight excluding hydrogens is 485 g/mol. The Labute approximate surface area is 199 Å². The number of amides is 1. The summed E-state index contributed by atoms with van der Waals surface area (Å²) in [5.74, 6) is -1.11. The molecule has 0 aliphatic heterocycles. The molecule has 1 unspecified atom stereocenters. The van der Waals surface area contributed by atoms with Gasteiger partial charge in [0.2, 0.25) is 5.88 Å². The summed E-state index contributed by atoms with van der Waals surface area (Å²) >= 11 is 0. The molecule has 3 aromatic rings. The normalized spacial score (nSPS) is 15.4. The van der Waals surface area contributed by atoms with Crippen molar-refractivity contribution in [2.45, 2.75) is 43.7 Å². The van der Waals surface area contributed by atoms with Crippen molar-refractivity contribution < 1.29 is 26.9 Å². The first-order valence-corrected chi connectivity index (χ1v) is 12.4. The maximum Gasteiger partial charge on any atom is 0.435 e. The molecule has 1 atom stereocenters. The number of hydrogen-bond acceptors (Lipinski definition) is 8. The van der Waals surface area contributed by atoms with Crippen LogP contribution in [0.5, 0.6) is 11.8 Å². The third-order valence-electron chi connectivity index (χ3n) is 5.33. The molecule has 2 heterocycles. The van der Waals surface area contributed by atoms with E-state index in [-0.39, 0.29) is 16.5 Å². The highest BCUT2D eigenvalue weighted by Gasteiger charge is 2.38. The number of hydrogen-bond donors (Lipinski definition) is 2. The zero-order valence-corrected chi connectivity index (χ0v) is 19.8. The van der Waals surface area contributed by atoms with Gasteiger partial charge in [0, 0.05) is 22.8 Å². The molecule has 1 saturated carbocycles. The van der Waals surface area contributed by atoms with E-state index in [2.05, 4.69) is 25.5 Å². The second-order valence-corrected chi connectivity index (χ2v) is 10.4. The largest absolute Gasteiger partial charge is 0.435 e. The predicted octanol–water partition coefficient (Wildman–Crippen LogP) is 4.86. The number of ether oxygens (including phenoxy) is 1. The Morgan fingerprint density at radius 2 is 1.91 bits per heavy atom. The summed E-state index contributed by atoms with van der Waals surface area (Å²) in [6, 6.07) is 5.69. The highest BCUT2D eigenvalue weighted by molar-refractivity contribution is 7.91. The van der Waals surface area contributed by atoms with Crippen molar-refractivity contribution in [2.24, 2.45) is 0 Å². The summed E-state index contributed by atoms with van der Waals surface area (Å²) in [6.07, 6.45) is -0.0958. The smallest absolute Gasteiger partial charge is 0.416 e. The van der Waals surface area contributed by atoms with Gasteiger partial charge in [0.15, 0.2) is 5.69 Å². The van der Waals surface area contributed by atoms with E-state index in [1.807, 2.05) is 0 Å². The van der Waals surface area contributed by atoms with E-state index in [4.69, 9.17) is 9.52 Å². The van der Waals surface area contributed by atoms with Gasteiger partial charge >= 0.3 is 6.18 Å². The lowest BCUT2D eigenvalue weighted by atomic mass is 10.1. The lowest BCUT2D eigenvalue weighted by Gasteiger charge is -2.16. The minimum absolute atomic E-state index is 0.0150. The van der Waals surface area contributed by atoms with Crippen LogP contribution in [0.25, 0.3) is 0 Å². The number of benzene rings is 1. The lowest BCUT2D eigenvalue weighted by Crippen LogP contribution is -2.21. The van der Waals surface area contributed by atoms with E-state index < -0.39 is 44.5 Å². The predicted molar refractivity (Wildman–Crippen MR) is 120 cm³/mol. The van der Waals surface area contributed by atoms with Crippen molar-refractivity contribution in [3.8, 4) is 11.8 Å². The molecule has 13 heteroatoms. The number of halogens is 3. The molecule has 0 saturated heterocycles. The molecule has 2 N–H and O–H groups in total. The van der Waals surface area contributed by atoms with Gasteiger partial charge in [-0.15, -0.1) is 10.2 Å². The fourth-order valence-electron chi connectivity index (χ4n) is 3.37. The van der Waals surface area contributed by atoms with Crippen LogP contribution in [0.15, 0.2) is 35.4 Å². The summed E-state index contributed by atoms with van der Waals surface area (Å²) < 4.78 is 65.9. The molecule has 1 fully saturated rings. The Bertz CT molecular complexity index is 1420. The van der Waals surface area contributed by atoms with Crippen molar-refractivity contribution in [1.29, 1.82) is 4.78 Å². The van der Waals surface area contributed by atoms with Crippen molar-refractivity contribution in [1.82, 2.24) is 20.2 Å². The molecule has 1 aliphatic carbocycles. The SMILES string of the molecule is Cc1nc(C2CC2)cnc1Oc1nnc(C(F)(F)F)c(C)c1C(=O)Nc1cccc(S(C)(=N)=O)c1. The molecule has 184 valence electrons. The Balaban J connectivity index is 1.73. The van der Waals surface area contributed by atoms with Crippen LogP contribution in [-0.2, 0) is 15.9 Å². The molecule has 0 spiro atoms. The summed E-state index contributed by atoms with van der Waals surface area (Å²) in [4.78, 5) is 21.9. The van der Waals surface area contributed by atoms with Crippen LogP contribution in [0.2, 0.25) is 0 Å². The van der Waals surface area contributed by atoms with Crippen LogP contribution in [0, 0.1) is 18.6 Å². The van der Waals surface area contributed by atoms with Crippen molar-refractivity contribution in [3.63, 3.8) is 0 Å². The molecule has 0 bridgehead atoms. The van der Waals surface area contributed by atoms with Gasteiger partial charge in [-0.3, -0.25) is 9.78 Å². The van der Waals surface area contributed by atoms with Crippen LogP contribution < -0.4 is 10.1 Å². The topological polar surface area (TPSA) is 131 Å². The minimum Gasteiger partial charge on any atom is -0.416 e. The number of carbonyl (C=O) groups excluding carboxylic acids is 1. The van der Waals surface area contributed by atoms with Gasteiger partial charge < -0.3 is 10.1 Å². The van der Waals surface area contributed by atoms with E-state index in [1.165, 1.54) is 36.7 Å². The number of anilines is 1. The van der Waals surface area contributed by atoms with Gasteiger partial charge in [0.05, 0.1) is 21.6 Å². The zero-order valence-electron chi connectivity index (χ0n) is 18.9. The number of rotatable bonds is 6. The Hall–Kier alpha value is -3.61. The molecule has 4 rings (SSSR count). The van der Waals surface area contributed by atoms with Gasteiger partial charge in [0.25, 0.3) is 11.8 Å². The number of aryl methyl sites for hydroxylation is 1. The Morgan fingerprint density at radius 1 is 1.20 bits per heavy atom. The standard InChI is InChI=1S/C22H21F3N6O3S/c1-11-17(19(32)29-14-5-4-6-15(9-14)35(3,26)33)21(31-30-18(11)22(23,24)25)34-20-12(2)28-16(10-27-20)13-7-8-13/h4-6,9-10,13,26H,7-8H2,1-3H3,(H,29,32). The molecule has 2 aromatic heterocycles. The minimum atomic E-state index is -4.86. The Kier molecular flexibility index (Phi) is 6.21. The first-order chi connectivity index (χ1) is 16.3. The second-order valence-electron chi connectivity index (χ2n) is 8.24. The number of nitrogens with one attached hydrogen (secondary N) is 2.